The predicted octanol–water partition coefficient (Wildman–Crippen LogP) is 3.91. The van der Waals surface area contributed by atoms with E-state index in [4.69, 9.17) is 5.21 Å². The van der Waals surface area contributed by atoms with E-state index >= 15 is 0 Å². The minimum atomic E-state index is -0.253. The molecule has 2 aromatic carbocycles. The van der Waals surface area contributed by atoms with Crippen molar-refractivity contribution in [2.24, 2.45) is 5.16 Å². The van der Waals surface area contributed by atoms with Gasteiger partial charge in [0.15, 0.2) is 0 Å². The second-order valence-corrected chi connectivity index (χ2v) is 5.03. The normalized spacial score (nSPS) is 11.4. The third-order valence-electron chi connectivity index (χ3n) is 2.71. The van der Waals surface area contributed by atoms with E-state index in [1.807, 2.05) is 24.3 Å². The van der Waals surface area contributed by atoms with E-state index in [2.05, 4.69) is 10.1 Å². The minimum absolute atomic E-state index is 0.253. The highest BCUT2D eigenvalue weighted by molar-refractivity contribution is 7.21. The van der Waals surface area contributed by atoms with Crippen molar-refractivity contribution < 1.29 is 9.60 Å². The predicted molar refractivity (Wildman–Crippen MR) is 74.4 cm³/mol. The summed E-state index contributed by atoms with van der Waals surface area (Å²) in [6, 6.07) is 12.0. The molecule has 94 valence electrons. The molecule has 0 fully saturated rings. The third-order valence-corrected chi connectivity index (χ3v) is 3.78. The minimum Gasteiger partial charge on any atom is -0.411 e. The summed E-state index contributed by atoms with van der Waals surface area (Å²) >= 11 is 1.45. The van der Waals surface area contributed by atoms with Crippen molar-refractivity contribution >= 4 is 27.8 Å². The zero-order chi connectivity index (χ0) is 13.2. The Bertz CT molecular complexity index is 750. The maximum Gasteiger partial charge on any atom is 0.124 e. The van der Waals surface area contributed by atoms with Crippen LogP contribution >= 0.6 is 11.3 Å². The molecule has 1 N–H and O–H groups in total. The molecule has 0 spiro atoms. The number of hydrogen-bond donors (Lipinski definition) is 1. The Hall–Kier alpha value is -2.27. The van der Waals surface area contributed by atoms with Crippen LogP contribution in [0.25, 0.3) is 20.8 Å². The largest absolute Gasteiger partial charge is 0.411 e. The number of nitrogens with zero attached hydrogens (tertiary/aromatic N) is 2. The van der Waals surface area contributed by atoms with Crippen LogP contribution < -0.4 is 0 Å². The van der Waals surface area contributed by atoms with Crippen LogP contribution in [0.4, 0.5) is 4.39 Å². The molecular weight excluding hydrogens is 263 g/mol. The Morgan fingerprint density at radius 3 is 2.68 bits per heavy atom. The van der Waals surface area contributed by atoms with Crippen molar-refractivity contribution in [2.75, 3.05) is 0 Å². The van der Waals surface area contributed by atoms with Crippen molar-refractivity contribution in [3.63, 3.8) is 0 Å². The third kappa shape index (κ3) is 2.32. The van der Waals surface area contributed by atoms with Gasteiger partial charge in [0.2, 0.25) is 0 Å². The molecule has 3 rings (SSSR count). The van der Waals surface area contributed by atoms with E-state index < -0.39 is 0 Å². The summed E-state index contributed by atoms with van der Waals surface area (Å²) in [6.07, 6.45) is 1.36. The van der Waals surface area contributed by atoms with Gasteiger partial charge in [-0.15, -0.1) is 11.3 Å². The Morgan fingerprint density at radius 1 is 1.16 bits per heavy atom. The van der Waals surface area contributed by atoms with Gasteiger partial charge < -0.3 is 5.21 Å². The first-order valence-corrected chi connectivity index (χ1v) is 6.42. The van der Waals surface area contributed by atoms with Crippen LogP contribution in [-0.4, -0.2) is 16.4 Å². The van der Waals surface area contributed by atoms with Gasteiger partial charge in [-0.2, -0.15) is 0 Å². The van der Waals surface area contributed by atoms with E-state index in [0.717, 1.165) is 26.4 Å². The van der Waals surface area contributed by atoms with Crippen LogP contribution in [0.1, 0.15) is 5.56 Å². The summed E-state index contributed by atoms with van der Waals surface area (Å²) in [4.78, 5) is 4.47. The van der Waals surface area contributed by atoms with Gasteiger partial charge in [0.1, 0.15) is 10.8 Å². The van der Waals surface area contributed by atoms with Gasteiger partial charge in [-0.3, -0.25) is 0 Å². The molecule has 0 amide bonds. The second kappa shape index (κ2) is 4.78. The molecule has 5 heteroatoms. The van der Waals surface area contributed by atoms with Crippen molar-refractivity contribution in [1.29, 1.82) is 0 Å². The first-order chi connectivity index (χ1) is 9.26. The first kappa shape index (κ1) is 11.8. The van der Waals surface area contributed by atoms with Crippen LogP contribution in [0, 0.1) is 5.82 Å². The Kier molecular flexibility index (Phi) is 2.97. The highest BCUT2D eigenvalue weighted by Gasteiger charge is 2.06. The van der Waals surface area contributed by atoms with E-state index in [1.165, 1.54) is 29.7 Å². The molecule has 3 aromatic rings. The van der Waals surface area contributed by atoms with Crippen molar-refractivity contribution in [2.45, 2.75) is 0 Å². The molecule has 0 saturated carbocycles. The first-order valence-electron chi connectivity index (χ1n) is 5.60. The molecule has 0 unspecified atom stereocenters. The number of aromatic nitrogens is 1. The van der Waals surface area contributed by atoms with Gasteiger partial charge in [0.25, 0.3) is 0 Å². The number of oxime groups is 1. The van der Waals surface area contributed by atoms with Crippen LogP contribution in [0.15, 0.2) is 47.6 Å². The van der Waals surface area contributed by atoms with Crippen molar-refractivity contribution in [3.8, 4) is 10.6 Å². The summed E-state index contributed by atoms with van der Waals surface area (Å²) in [6.45, 7) is 0. The molecule has 0 radical (unpaired) electrons. The molecule has 1 heterocycles. The average Bonchev–Trinajstić information content (AvgIpc) is 2.83. The monoisotopic (exact) mass is 272 g/mol. The smallest absolute Gasteiger partial charge is 0.124 e. The molecule has 3 nitrogen and oxygen atoms in total. The number of rotatable bonds is 2. The Labute approximate surface area is 112 Å². The Balaban J connectivity index is 2.03. The molecule has 0 atom stereocenters. The fraction of sp³-hybridized carbons (Fsp3) is 0. The van der Waals surface area contributed by atoms with Crippen molar-refractivity contribution in [3.05, 3.63) is 53.8 Å². The molecule has 19 heavy (non-hydrogen) atoms. The number of benzene rings is 2. The van der Waals surface area contributed by atoms with Crippen LogP contribution in [0.5, 0.6) is 0 Å². The van der Waals surface area contributed by atoms with Crippen LogP contribution in [0.2, 0.25) is 0 Å². The summed E-state index contributed by atoms with van der Waals surface area (Å²) in [5, 5.41) is 12.3. The van der Waals surface area contributed by atoms with Gasteiger partial charge in [-0.1, -0.05) is 29.4 Å². The topological polar surface area (TPSA) is 45.5 Å². The van der Waals surface area contributed by atoms with Crippen LogP contribution in [0.3, 0.4) is 0 Å². The van der Waals surface area contributed by atoms with Gasteiger partial charge in [-0.05, 0) is 23.8 Å². The number of thiazole rings is 1. The molecule has 0 saturated heterocycles. The molecular formula is C14H9FN2OS. The Morgan fingerprint density at radius 2 is 1.95 bits per heavy atom. The fourth-order valence-electron chi connectivity index (χ4n) is 1.80. The summed E-state index contributed by atoms with van der Waals surface area (Å²) < 4.78 is 14.0. The highest BCUT2D eigenvalue weighted by atomic mass is 32.1. The molecule has 0 aliphatic heterocycles. The van der Waals surface area contributed by atoms with Crippen LogP contribution in [-0.2, 0) is 0 Å². The lowest BCUT2D eigenvalue weighted by Crippen LogP contribution is -1.81. The molecule has 0 aliphatic rings. The van der Waals surface area contributed by atoms with Gasteiger partial charge in [0.05, 0.1) is 16.4 Å². The molecule has 1 aromatic heterocycles. The maximum atomic E-state index is 13.1. The standard InChI is InChI=1S/C14H9FN2OS/c15-11-5-6-12-13(7-11)19-14(17-12)10-3-1-9(2-4-10)8-16-18/h1-8,18H/b16-8+. The lowest BCUT2D eigenvalue weighted by atomic mass is 10.1. The van der Waals surface area contributed by atoms with Crippen molar-refractivity contribution in [1.82, 2.24) is 4.98 Å². The maximum absolute atomic E-state index is 13.1. The number of hydrogen-bond acceptors (Lipinski definition) is 4. The molecule has 0 aliphatic carbocycles. The zero-order valence-electron chi connectivity index (χ0n) is 9.75. The average molecular weight is 272 g/mol. The van der Waals surface area contributed by atoms with E-state index in [-0.39, 0.29) is 5.82 Å². The SMILES string of the molecule is O/N=C/c1ccc(-c2nc3ccc(F)cc3s2)cc1. The lowest BCUT2D eigenvalue weighted by Gasteiger charge is -1.96. The highest BCUT2D eigenvalue weighted by Crippen LogP contribution is 2.30. The molecule has 0 bridgehead atoms. The lowest BCUT2D eigenvalue weighted by molar-refractivity contribution is 0.322. The summed E-state index contributed by atoms with van der Waals surface area (Å²) in [5.74, 6) is -0.253. The number of halogens is 1. The van der Waals surface area contributed by atoms with Gasteiger partial charge in [-0.25, -0.2) is 9.37 Å². The summed E-state index contributed by atoms with van der Waals surface area (Å²) in [5.41, 5.74) is 2.55. The quantitative estimate of drug-likeness (QED) is 0.436. The van der Waals surface area contributed by atoms with E-state index in [0.29, 0.717) is 0 Å². The summed E-state index contributed by atoms with van der Waals surface area (Å²) in [7, 11) is 0. The zero-order valence-corrected chi connectivity index (χ0v) is 10.6. The van der Waals surface area contributed by atoms with Gasteiger partial charge in [0, 0.05) is 5.56 Å². The number of fused-ring (bicyclic) bond motifs is 1. The van der Waals surface area contributed by atoms with Gasteiger partial charge >= 0.3 is 0 Å². The second-order valence-electron chi connectivity index (χ2n) is 4.00. The van der Waals surface area contributed by atoms with E-state index in [1.54, 1.807) is 6.07 Å². The fourth-order valence-corrected chi connectivity index (χ4v) is 2.80. The van der Waals surface area contributed by atoms with E-state index in [9.17, 15) is 4.39 Å².